The summed E-state index contributed by atoms with van der Waals surface area (Å²) >= 11 is 0. The molecule has 7 heteroatoms. The third-order valence-electron chi connectivity index (χ3n) is 8.39. The first-order chi connectivity index (χ1) is 19.8. The number of carbonyl (C=O) groups is 2. The van der Waals surface area contributed by atoms with E-state index in [4.69, 9.17) is 4.74 Å². The third kappa shape index (κ3) is 4.53. The zero-order valence-electron chi connectivity index (χ0n) is 24.8. The molecule has 1 N–H and O–H groups in total. The maximum absolute atomic E-state index is 14.2. The molecule has 2 aliphatic heterocycles. The summed E-state index contributed by atoms with van der Waals surface area (Å²) in [6, 6.07) is 20.5. The second kappa shape index (κ2) is 11.3. The predicted octanol–water partition coefficient (Wildman–Crippen LogP) is 5.92. The molecule has 0 bridgehead atoms. The van der Waals surface area contributed by atoms with E-state index in [1.165, 1.54) is 0 Å². The maximum Gasteiger partial charge on any atom is 0.255 e. The minimum absolute atomic E-state index is 0.0652. The van der Waals surface area contributed by atoms with E-state index in [-0.39, 0.29) is 11.8 Å². The molecular weight excluding hydrogens is 512 g/mol. The third-order valence-corrected chi connectivity index (χ3v) is 8.39. The Hall–Kier alpha value is -4.26. The number of benzene rings is 3. The van der Waals surface area contributed by atoms with Crippen LogP contribution in [-0.2, 0) is 10.3 Å². The first-order valence-electron chi connectivity index (χ1n) is 14.6. The Balaban J connectivity index is 1.75. The van der Waals surface area contributed by atoms with E-state index < -0.39 is 5.54 Å². The molecule has 2 amide bonds. The van der Waals surface area contributed by atoms with Gasteiger partial charge in [-0.05, 0) is 58.4 Å². The summed E-state index contributed by atoms with van der Waals surface area (Å²) < 4.78 is 6.72. The van der Waals surface area contributed by atoms with Gasteiger partial charge in [-0.2, -0.15) is 0 Å². The van der Waals surface area contributed by atoms with Gasteiger partial charge in [0.05, 0.1) is 0 Å². The number of hydrogen-bond acceptors (Lipinski definition) is 5. The average Bonchev–Trinajstić information content (AvgIpc) is 3.22. The highest BCUT2D eigenvalue weighted by atomic mass is 16.5. The zero-order valence-corrected chi connectivity index (χ0v) is 24.8. The monoisotopic (exact) mass is 552 g/mol. The molecule has 0 atom stereocenters. The molecule has 0 radical (unpaired) electrons. The minimum atomic E-state index is -0.909. The van der Waals surface area contributed by atoms with Gasteiger partial charge in [0, 0.05) is 85.0 Å². The van der Waals surface area contributed by atoms with Gasteiger partial charge in [0.2, 0.25) is 5.91 Å². The molecule has 0 unspecified atom stereocenters. The average molecular weight is 553 g/mol. The lowest BCUT2D eigenvalue weighted by Gasteiger charge is -2.45. The number of nitrogens with zero attached hydrogens (tertiary/aromatic N) is 3. The van der Waals surface area contributed by atoms with Crippen LogP contribution in [0.2, 0.25) is 0 Å². The molecule has 2 heterocycles. The van der Waals surface area contributed by atoms with Crippen molar-refractivity contribution in [2.75, 3.05) is 49.1 Å². The summed E-state index contributed by atoms with van der Waals surface area (Å²) in [5.41, 5.74) is 5.10. The van der Waals surface area contributed by atoms with Gasteiger partial charge in [0.1, 0.15) is 17.0 Å². The lowest BCUT2D eigenvalue weighted by atomic mass is 9.74. The van der Waals surface area contributed by atoms with Crippen molar-refractivity contribution in [3.05, 3.63) is 95.1 Å². The Morgan fingerprint density at radius 1 is 0.854 bits per heavy atom. The second-order valence-electron chi connectivity index (χ2n) is 10.6. The lowest BCUT2D eigenvalue weighted by Crippen LogP contribution is -2.50. The van der Waals surface area contributed by atoms with Crippen LogP contribution in [0, 0.1) is 0 Å². The fourth-order valence-electron chi connectivity index (χ4n) is 6.33. The second-order valence-corrected chi connectivity index (χ2v) is 10.6. The number of carbonyl (C=O) groups excluding carboxylic acids is 2. The standard InChI is InChI=1S/C34H40N4O3/c1-7-36(8-2)24-15-17-28-30(21-24)41-31-22-25(37(9-3)10-4)16-18-29(31)34(28)27-14-12-11-13-26(27)33(40)38(34)20-19-35-32(39)23(5)6/h11-18,21-22H,5,7-10,19-20H2,1-4,6H3,(H,35,39). The molecule has 1 spiro atoms. The summed E-state index contributed by atoms with van der Waals surface area (Å²) in [5, 5.41) is 2.93. The van der Waals surface area contributed by atoms with Crippen LogP contribution in [0.4, 0.5) is 11.4 Å². The van der Waals surface area contributed by atoms with Crippen LogP contribution in [-0.4, -0.2) is 56.0 Å². The van der Waals surface area contributed by atoms with E-state index in [1.807, 2.05) is 23.1 Å². The van der Waals surface area contributed by atoms with Crippen molar-refractivity contribution in [2.24, 2.45) is 0 Å². The van der Waals surface area contributed by atoms with Crippen LogP contribution in [0.1, 0.15) is 61.7 Å². The summed E-state index contributed by atoms with van der Waals surface area (Å²) in [6.45, 7) is 18.1. The number of rotatable bonds is 10. The van der Waals surface area contributed by atoms with Gasteiger partial charge in [0.15, 0.2) is 0 Å². The Kier molecular flexibility index (Phi) is 7.80. The van der Waals surface area contributed by atoms with Gasteiger partial charge in [-0.3, -0.25) is 9.59 Å². The first kappa shape index (κ1) is 28.3. The summed E-state index contributed by atoms with van der Waals surface area (Å²) in [7, 11) is 0. The maximum atomic E-state index is 14.2. The number of amides is 2. The van der Waals surface area contributed by atoms with Crippen molar-refractivity contribution in [3.8, 4) is 11.5 Å². The number of anilines is 2. The Morgan fingerprint density at radius 3 is 1.90 bits per heavy atom. The Labute approximate surface area is 243 Å². The number of ether oxygens (including phenoxy) is 1. The molecule has 0 saturated carbocycles. The zero-order chi connectivity index (χ0) is 29.3. The normalized spacial score (nSPS) is 14.2. The van der Waals surface area contributed by atoms with Crippen LogP contribution >= 0.6 is 0 Å². The molecule has 0 aliphatic carbocycles. The van der Waals surface area contributed by atoms with Crippen molar-refractivity contribution in [1.29, 1.82) is 0 Å². The van der Waals surface area contributed by atoms with Crippen molar-refractivity contribution in [3.63, 3.8) is 0 Å². The Morgan fingerprint density at radius 2 is 1.39 bits per heavy atom. The molecule has 0 aromatic heterocycles. The van der Waals surface area contributed by atoms with Crippen molar-refractivity contribution >= 4 is 23.2 Å². The number of nitrogens with one attached hydrogen (secondary N) is 1. The highest BCUT2D eigenvalue weighted by Crippen LogP contribution is 2.58. The van der Waals surface area contributed by atoms with Crippen molar-refractivity contribution < 1.29 is 14.3 Å². The summed E-state index contributed by atoms with van der Waals surface area (Å²) in [4.78, 5) is 33.0. The predicted molar refractivity (Wildman–Crippen MR) is 165 cm³/mol. The molecular formula is C34H40N4O3. The fraction of sp³-hybridized carbons (Fsp3) is 0.353. The number of hydrogen-bond donors (Lipinski definition) is 1. The van der Waals surface area contributed by atoms with Crippen LogP contribution in [0.15, 0.2) is 72.8 Å². The van der Waals surface area contributed by atoms with Crippen molar-refractivity contribution in [1.82, 2.24) is 10.2 Å². The minimum Gasteiger partial charge on any atom is -0.456 e. The van der Waals surface area contributed by atoms with Crippen LogP contribution in [0.5, 0.6) is 11.5 Å². The van der Waals surface area contributed by atoms with E-state index in [0.717, 1.165) is 65.7 Å². The van der Waals surface area contributed by atoms with Crippen molar-refractivity contribution in [2.45, 2.75) is 40.2 Å². The fourth-order valence-corrected chi connectivity index (χ4v) is 6.33. The van der Waals surface area contributed by atoms with Crippen LogP contribution in [0.3, 0.4) is 0 Å². The molecule has 3 aromatic carbocycles. The van der Waals surface area contributed by atoms with Crippen LogP contribution < -0.4 is 19.9 Å². The highest BCUT2D eigenvalue weighted by Gasteiger charge is 2.56. The summed E-state index contributed by atoms with van der Waals surface area (Å²) in [6.07, 6.45) is 0. The molecule has 5 rings (SSSR count). The topological polar surface area (TPSA) is 65.1 Å². The van der Waals surface area contributed by atoms with E-state index >= 15 is 0 Å². The van der Waals surface area contributed by atoms with Gasteiger partial charge < -0.3 is 24.8 Å². The molecule has 7 nitrogen and oxygen atoms in total. The van der Waals surface area contributed by atoms with Crippen LogP contribution in [0.25, 0.3) is 0 Å². The number of fused-ring (bicyclic) bond motifs is 6. The van der Waals surface area contributed by atoms with Gasteiger partial charge in [-0.1, -0.05) is 36.9 Å². The lowest BCUT2D eigenvalue weighted by molar-refractivity contribution is -0.117. The van der Waals surface area contributed by atoms with Gasteiger partial charge in [0.25, 0.3) is 5.91 Å². The Bertz CT molecular complexity index is 1430. The van der Waals surface area contributed by atoms with E-state index in [2.05, 4.69) is 91.9 Å². The summed E-state index contributed by atoms with van der Waals surface area (Å²) in [5.74, 6) is 1.19. The molecule has 214 valence electrons. The van der Waals surface area contributed by atoms with E-state index in [0.29, 0.717) is 24.2 Å². The molecule has 0 saturated heterocycles. The van der Waals surface area contributed by atoms with Gasteiger partial charge in [-0.15, -0.1) is 0 Å². The largest absolute Gasteiger partial charge is 0.456 e. The van der Waals surface area contributed by atoms with Gasteiger partial charge in [-0.25, -0.2) is 0 Å². The molecule has 0 fully saturated rings. The molecule has 2 aliphatic rings. The SMILES string of the molecule is C=C(C)C(=O)NCCN1C(=O)c2ccccc2C12c1ccc(N(CC)CC)cc1Oc1cc(N(CC)CC)ccc12. The van der Waals surface area contributed by atoms with Gasteiger partial charge >= 0.3 is 0 Å². The smallest absolute Gasteiger partial charge is 0.255 e. The van der Waals surface area contributed by atoms with E-state index in [1.54, 1.807) is 6.92 Å². The first-order valence-corrected chi connectivity index (χ1v) is 14.6. The molecule has 3 aromatic rings. The molecule has 41 heavy (non-hydrogen) atoms. The highest BCUT2D eigenvalue weighted by molar-refractivity contribution is 6.02. The van der Waals surface area contributed by atoms with E-state index in [9.17, 15) is 9.59 Å². The quantitative estimate of drug-likeness (QED) is 0.316.